The van der Waals surface area contributed by atoms with Gasteiger partial charge in [0.05, 0.1) is 18.1 Å². The maximum Gasteiger partial charge on any atom is 0.151 e. The summed E-state index contributed by atoms with van der Waals surface area (Å²) >= 11 is 0. The SMILES string of the molecule is COCC(C)C(=O)C1CCS(=O)(=O)C1. The Labute approximate surface area is 84.6 Å². The number of hydrogen-bond acceptors (Lipinski definition) is 4. The molecular formula is C9H16O4S. The minimum absolute atomic E-state index is 0.0212. The summed E-state index contributed by atoms with van der Waals surface area (Å²) in [6.45, 7) is 2.14. The highest BCUT2D eigenvalue weighted by molar-refractivity contribution is 7.91. The Balaban J connectivity index is 2.55. The molecule has 0 amide bonds. The van der Waals surface area contributed by atoms with Crippen molar-refractivity contribution in [3.8, 4) is 0 Å². The lowest BCUT2D eigenvalue weighted by molar-refractivity contribution is -0.127. The molecule has 14 heavy (non-hydrogen) atoms. The van der Waals surface area contributed by atoms with Gasteiger partial charge in [0.2, 0.25) is 0 Å². The maximum absolute atomic E-state index is 11.7. The van der Waals surface area contributed by atoms with Gasteiger partial charge >= 0.3 is 0 Å². The molecule has 82 valence electrons. The molecule has 4 nitrogen and oxygen atoms in total. The summed E-state index contributed by atoms with van der Waals surface area (Å²) in [6, 6.07) is 0. The average molecular weight is 220 g/mol. The third kappa shape index (κ3) is 2.78. The first-order valence-electron chi connectivity index (χ1n) is 4.69. The fourth-order valence-corrected chi connectivity index (χ4v) is 3.51. The molecule has 0 N–H and O–H groups in total. The second kappa shape index (κ2) is 4.40. The lowest BCUT2D eigenvalue weighted by Crippen LogP contribution is -2.25. The lowest BCUT2D eigenvalue weighted by Gasteiger charge is -2.12. The molecule has 1 saturated heterocycles. The van der Waals surface area contributed by atoms with Crippen LogP contribution in [-0.2, 0) is 19.4 Å². The fourth-order valence-electron chi connectivity index (χ4n) is 1.75. The normalized spacial score (nSPS) is 27.4. The zero-order valence-electron chi connectivity index (χ0n) is 8.52. The van der Waals surface area contributed by atoms with Gasteiger partial charge in [-0.2, -0.15) is 0 Å². The van der Waals surface area contributed by atoms with Crippen molar-refractivity contribution < 1.29 is 17.9 Å². The smallest absolute Gasteiger partial charge is 0.151 e. The molecule has 5 heteroatoms. The number of ketones is 1. The van der Waals surface area contributed by atoms with E-state index in [9.17, 15) is 13.2 Å². The molecule has 1 aliphatic heterocycles. The molecule has 0 aromatic rings. The van der Waals surface area contributed by atoms with Crippen molar-refractivity contribution in [2.24, 2.45) is 11.8 Å². The van der Waals surface area contributed by atoms with Gasteiger partial charge in [0.15, 0.2) is 9.84 Å². The molecule has 1 fully saturated rings. The lowest BCUT2D eigenvalue weighted by atomic mass is 9.94. The molecule has 1 aliphatic rings. The van der Waals surface area contributed by atoms with Crippen molar-refractivity contribution >= 4 is 15.6 Å². The number of hydrogen-bond donors (Lipinski definition) is 0. The van der Waals surface area contributed by atoms with Crippen LogP contribution in [0.5, 0.6) is 0 Å². The van der Waals surface area contributed by atoms with Crippen molar-refractivity contribution in [2.45, 2.75) is 13.3 Å². The van der Waals surface area contributed by atoms with Gasteiger partial charge < -0.3 is 4.74 Å². The first-order chi connectivity index (χ1) is 6.46. The van der Waals surface area contributed by atoms with Gasteiger partial charge in [0.1, 0.15) is 5.78 Å². The Bertz CT molecular complexity index is 307. The van der Waals surface area contributed by atoms with E-state index in [4.69, 9.17) is 4.74 Å². The van der Waals surface area contributed by atoms with E-state index in [1.54, 1.807) is 6.92 Å². The second-order valence-electron chi connectivity index (χ2n) is 3.86. The van der Waals surface area contributed by atoms with E-state index in [2.05, 4.69) is 0 Å². The van der Waals surface area contributed by atoms with Crippen LogP contribution >= 0.6 is 0 Å². The topological polar surface area (TPSA) is 60.4 Å². The molecule has 0 aliphatic carbocycles. The van der Waals surface area contributed by atoms with Crippen LogP contribution in [0.25, 0.3) is 0 Å². The van der Waals surface area contributed by atoms with Crippen LogP contribution in [0.2, 0.25) is 0 Å². The van der Waals surface area contributed by atoms with Crippen LogP contribution in [0.4, 0.5) is 0 Å². The Morgan fingerprint density at radius 2 is 2.21 bits per heavy atom. The van der Waals surface area contributed by atoms with E-state index in [0.717, 1.165) is 0 Å². The number of carbonyl (C=O) groups excluding carboxylic acids is 1. The first-order valence-corrected chi connectivity index (χ1v) is 6.51. The van der Waals surface area contributed by atoms with Crippen molar-refractivity contribution in [3.05, 3.63) is 0 Å². The Hall–Kier alpha value is -0.420. The summed E-state index contributed by atoms with van der Waals surface area (Å²) in [7, 11) is -1.41. The standard InChI is InChI=1S/C9H16O4S/c1-7(5-13-2)9(10)8-3-4-14(11,12)6-8/h7-8H,3-6H2,1-2H3. The molecule has 0 spiro atoms. The monoisotopic (exact) mass is 220 g/mol. The molecule has 1 heterocycles. The minimum atomic E-state index is -2.95. The summed E-state index contributed by atoms with van der Waals surface area (Å²) < 4.78 is 27.2. The van der Waals surface area contributed by atoms with E-state index >= 15 is 0 Å². The highest BCUT2D eigenvalue weighted by atomic mass is 32.2. The van der Waals surface area contributed by atoms with Crippen molar-refractivity contribution in [2.75, 3.05) is 25.2 Å². The molecule has 0 radical (unpaired) electrons. The molecular weight excluding hydrogens is 204 g/mol. The van der Waals surface area contributed by atoms with Gasteiger partial charge in [-0.25, -0.2) is 8.42 Å². The van der Waals surface area contributed by atoms with Crippen LogP contribution in [0.1, 0.15) is 13.3 Å². The van der Waals surface area contributed by atoms with Gasteiger partial charge in [-0.05, 0) is 6.42 Å². The first kappa shape index (κ1) is 11.7. The molecule has 1 rings (SSSR count). The summed E-state index contributed by atoms with van der Waals surface area (Å²) in [5.41, 5.74) is 0. The maximum atomic E-state index is 11.7. The number of ether oxygens (including phenoxy) is 1. The van der Waals surface area contributed by atoms with E-state index in [-0.39, 0.29) is 29.1 Å². The molecule has 0 bridgehead atoms. The van der Waals surface area contributed by atoms with Crippen LogP contribution in [0.3, 0.4) is 0 Å². The molecule has 0 aromatic heterocycles. The number of rotatable bonds is 4. The van der Waals surface area contributed by atoms with Gasteiger partial charge in [-0.1, -0.05) is 6.92 Å². The van der Waals surface area contributed by atoms with Gasteiger partial charge in [0.25, 0.3) is 0 Å². The van der Waals surface area contributed by atoms with E-state index in [0.29, 0.717) is 13.0 Å². The number of methoxy groups -OCH3 is 1. The summed E-state index contributed by atoms with van der Waals surface area (Å²) in [5, 5.41) is 0. The number of sulfone groups is 1. The third-order valence-electron chi connectivity index (χ3n) is 2.54. The average Bonchev–Trinajstić information content (AvgIpc) is 2.45. The van der Waals surface area contributed by atoms with Crippen LogP contribution < -0.4 is 0 Å². The fraction of sp³-hybridized carbons (Fsp3) is 0.889. The summed E-state index contributed by atoms with van der Waals surface area (Å²) in [4.78, 5) is 11.7. The quantitative estimate of drug-likeness (QED) is 0.682. The van der Waals surface area contributed by atoms with Crippen molar-refractivity contribution in [3.63, 3.8) is 0 Å². The number of Topliss-reactive ketones (excluding diaryl/α,β-unsaturated/α-hetero) is 1. The number of carbonyl (C=O) groups is 1. The van der Waals surface area contributed by atoms with E-state index in [1.807, 2.05) is 0 Å². The zero-order chi connectivity index (χ0) is 10.8. The van der Waals surface area contributed by atoms with Gasteiger partial charge in [-0.15, -0.1) is 0 Å². The third-order valence-corrected chi connectivity index (χ3v) is 4.31. The molecule has 0 saturated carbocycles. The molecule has 2 unspecified atom stereocenters. The van der Waals surface area contributed by atoms with Gasteiger partial charge in [0, 0.05) is 18.9 Å². The van der Waals surface area contributed by atoms with Crippen LogP contribution in [-0.4, -0.2) is 39.4 Å². The highest BCUT2D eigenvalue weighted by Gasteiger charge is 2.34. The summed E-state index contributed by atoms with van der Waals surface area (Å²) in [5.74, 6) is -0.292. The Morgan fingerprint density at radius 3 is 2.64 bits per heavy atom. The Kier molecular flexibility index (Phi) is 3.66. The van der Waals surface area contributed by atoms with Crippen LogP contribution in [0, 0.1) is 11.8 Å². The predicted octanol–water partition coefficient (Wildman–Crippen LogP) is 0.273. The van der Waals surface area contributed by atoms with Crippen molar-refractivity contribution in [1.29, 1.82) is 0 Å². The highest BCUT2D eigenvalue weighted by Crippen LogP contribution is 2.22. The summed E-state index contributed by atoms with van der Waals surface area (Å²) in [6.07, 6.45) is 0.481. The second-order valence-corrected chi connectivity index (χ2v) is 6.09. The van der Waals surface area contributed by atoms with Gasteiger partial charge in [-0.3, -0.25) is 4.79 Å². The van der Waals surface area contributed by atoms with Crippen molar-refractivity contribution in [1.82, 2.24) is 0 Å². The largest absolute Gasteiger partial charge is 0.384 e. The minimum Gasteiger partial charge on any atom is -0.384 e. The predicted molar refractivity (Wildman–Crippen MR) is 52.8 cm³/mol. The molecule has 0 aromatic carbocycles. The van der Waals surface area contributed by atoms with E-state index < -0.39 is 9.84 Å². The Morgan fingerprint density at radius 1 is 1.57 bits per heavy atom. The zero-order valence-corrected chi connectivity index (χ0v) is 9.34. The van der Waals surface area contributed by atoms with Crippen LogP contribution in [0.15, 0.2) is 0 Å². The van der Waals surface area contributed by atoms with E-state index in [1.165, 1.54) is 7.11 Å². The molecule has 2 atom stereocenters.